The number of piperidine rings is 1. The minimum atomic E-state index is -1.08. The largest absolute Gasteiger partial charge is 0.497 e. The van der Waals surface area contributed by atoms with Crippen LogP contribution < -0.4 is 9.64 Å². The van der Waals surface area contributed by atoms with Crippen molar-refractivity contribution < 1.29 is 14.2 Å². The number of aliphatic hydroxyl groups excluding tert-OH is 1. The third-order valence-electron chi connectivity index (χ3n) is 4.65. The van der Waals surface area contributed by atoms with E-state index >= 15 is 0 Å². The molecule has 2 aliphatic rings. The number of hydrogen-bond donors (Lipinski definition) is 1. The van der Waals surface area contributed by atoms with Gasteiger partial charge >= 0.3 is 0 Å². The monoisotopic (exact) mass is 294 g/mol. The topological polar surface area (TPSA) is 35.9 Å². The summed E-state index contributed by atoms with van der Waals surface area (Å²) in [6.45, 7) is 2.78. The van der Waals surface area contributed by atoms with Crippen molar-refractivity contribution in [2.45, 2.75) is 31.2 Å². The third-order valence-corrected chi connectivity index (χ3v) is 4.65. The molecule has 0 amide bonds. The Morgan fingerprint density at radius 3 is 2.62 bits per heavy atom. The molecule has 2 heterocycles. The average molecular weight is 294 g/mol. The Kier molecular flexibility index (Phi) is 4.31. The summed E-state index contributed by atoms with van der Waals surface area (Å²) in [5, 5.41) is 9.55. The minimum Gasteiger partial charge on any atom is -0.497 e. The standard InChI is InChI=1S/C16H23FN2O2/c1-21-14-4-2-3-13(9-14)18-7-5-12(6-8-18)19-10-15(17)16(20)11-19/h2-4,9,12,15-16,20H,5-8,10-11H2,1H3/t15-,16-/m0/s1. The number of alkyl halides is 1. The maximum atomic E-state index is 13.4. The highest BCUT2D eigenvalue weighted by Gasteiger charge is 2.36. The Bertz CT molecular complexity index is 467. The van der Waals surface area contributed by atoms with Crippen molar-refractivity contribution in [1.29, 1.82) is 0 Å². The molecule has 2 atom stereocenters. The van der Waals surface area contributed by atoms with Gasteiger partial charge in [-0.1, -0.05) is 6.07 Å². The second kappa shape index (κ2) is 6.20. The number of rotatable bonds is 3. The lowest BCUT2D eigenvalue weighted by Crippen LogP contribution is -2.44. The Hall–Kier alpha value is -1.33. The summed E-state index contributed by atoms with van der Waals surface area (Å²) in [6, 6.07) is 8.49. The van der Waals surface area contributed by atoms with Crippen molar-refractivity contribution in [3.05, 3.63) is 24.3 Å². The highest BCUT2D eigenvalue weighted by atomic mass is 19.1. The maximum Gasteiger partial charge on any atom is 0.140 e. The Balaban J connectivity index is 1.57. The number of aliphatic hydroxyl groups is 1. The van der Waals surface area contributed by atoms with Gasteiger partial charge in [0.15, 0.2) is 0 Å². The van der Waals surface area contributed by atoms with Crippen molar-refractivity contribution in [2.24, 2.45) is 0 Å². The average Bonchev–Trinajstić information content (AvgIpc) is 2.87. The van der Waals surface area contributed by atoms with Gasteiger partial charge < -0.3 is 14.7 Å². The number of benzene rings is 1. The first kappa shape index (κ1) is 14.6. The third kappa shape index (κ3) is 3.14. The second-order valence-corrected chi connectivity index (χ2v) is 5.96. The quantitative estimate of drug-likeness (QED) is 0.920. The number of ether oxygens (including phenoxy) is 1. The van der Waals surface area contributed by atoms with Crippen LogP contribution in [0.15, 0.2) is 24.3 Å². The van der Waals surface area contributed by atoms with Gasteiger partial charge in [0.2, 0.25) is 0 Å². The molecule has 5 heteroatoms. The number of halogens is 1. The van der Waals surface area contributed by atoms with Gasteiger partial charge in [-0.2, -0.15) is 0 Å². The van der Waals surface area contributed by atoms with Crippen molar-refractivity contribution in [3.8, 4) is 5.75 Å². The number of methoxy groups -OCH3 is 1. The number of nitrogens with zero attached hydrogens (tertiary/aromatic N) is 2. The predicted octanol–water partition coefficient (Wildman–Crippen LogP) is 1.68. The van der Waals surface area contributed by atoms with E-state index in [1.807, 2.05) is 12.1 Å². The van der Waals surface area contributed by atoms with E-state index in [9.17, 15) is 9.50 Å². The molecule has 4 nitrogen and oxygen atoms in total. The zero-order valence-electron chi connectivity index (χ0n) is 12.4. The zero-order chi connectivity index (χ0) is 14.8. The van der Waals surface area contributed by atoms with Gasteiger partial charge in [0, 0.05) is 44.0 Å². The molecule has 0 radical (unpaired) electrons. The molecule has 0 unspecified atom stereocenters. The Morgan fingerprint density at radius 1 is 1.24 bits per heavy atom. The predicted molar refractivity (Wildman–Crippen MR) is 80.7 cm³/mol. The fourth-order valence-electron chi connectivity index (χ4n) is 3.37. The molecule has 2 fully saturated rings. The van der Waals surface area contributed by atoms with E-state index in [0.717, 1.165) is 31.7 Å². The summed E-state index contributed by atoms with van der Waals surface area (Å²) in [5.41, 5.74) is 1.18. The van der Waals surface area contributed by atoms with E-state index in [2.05, 4.69) is 21.9 Å². The van der Waals surface area contributed by atoms with E-state index < -0.39 is 12.3 Å². The van der Waals surface area contributed by atoms with Gasteiger partial charge in [-0.15, -0.1) is 0 Å². The normalized spacial score (nSPS) is 28.0. The van der Waals surface area contributed by atoms with Crippen LogP contribution in [-0.4, -0.2) is 61.6 Å². The van der Waals surface area contributed by atoms with E-state index in [4.69, 9.17) is 4.74 Å². The number of hydrogen-bond acceptors (Lipinski definition) is 4. The lowest BCUT2D eigenvalue weighted by Gasteiger charge is -2.37. The highest BCUT2D eigenvalue weighted by molar-refractivity contribution is 5.51. The summed E-state index contributed by atoms with van der Waals surface area (Å²) < 4.78 is 18.7. The van der Waals surface area contributed by atoms with Crippen LogP contribution in [0.3, 0.4) is 0 Å². The van der Waals surface area contributed by atoms with Crippen molar-refractivity contribution in [2.75, 3.05) is 38.2 Å². The summed E-state index contributed by atoms with van der Waals surface area (Å²) in [4.78, 5) is 4.46. The SMILES string of the molecule is COc1cccc(N2CCC(N3C[C@H](O)[C@@H](F)C3)CC2)c1. The first-order valence-electron chi connectivity index (χ1n) is 7.62. The highest BCUT2D eigenvalue weighted by Crippen LogP contribution is 2.27. The van der Waals surface area contributed by atoms with Crippen LogP contribution in [-0.2, 0) is 0 Å². The van der Waals surface area contributed by atoms with Crippen LogP contribution in [0.25, 0.3) is 0 Å². The van der Waals surface area contributed by atoms with E-state index in [1.54, 1.807) is 7.11 Å². The molecule has 0 saturated carbocycles. The lowest BCUT2D eigenvalue weighted by atomic mass is 10.0. The van der Waals surface area contributed by atoms with Gasteiger partial charge in [-0.05, 0) is 25.0 Å². The van der Waals surface area contributed by atoms with Crippen molar-refractivity contribution >= 4 is 5.69 Å². The van der Waals surface area contributed by atoms with Gasteiger partial charge in [0.05, 0.1) is 13.2 Å². The van der Waals surface area contributed by atoms with Crippen LogP contribution in [0, 0.1) is 0 Å². The first-order valence-corrected chi connectivity index (χ1v) is 7.62. The van der Waals surface area contributed by atoms with Crippen LogP contribution in [0.1, 0.15) is 12.8 Å². The van der Waals surface area contributed by atoms with Crippen LogP contribution >= 0.6 is 0 Å². The van der Waals surface area contributed by atoms with Crippen LogP contribution in [0.2, 0.25) is 0 Å². The van der Waals surface area contributed by atoms with Crippen molar-refractivity contribution in [1.82, 2.24) is 4.90 Å². The fourth-order valence-corrected chi connectivity index (χ4v) is 3.37. The van der Waals surface area contributed by atoms with E-state index in [1.165, 1.54) is 5.69 Å². The number of anilines is 1. The van der Waals surface area contributed by atoms with Gasteiger partial charge in [-0.3, -0.25) is 4.90 Å². The Morgan fingerprint density at radius 2 is 2.00 bits per heavy atom. The maximum absolute atomic E-state index is 13.4. The molecular formula is C16H23FN2O2. The zero-order valence-corrected chi connectivity index (χ0v) is 12.4. The van der Waals surface area contributed by atoms with Gasteiger partial charge in [0.25, 0.3) is 0 Å². The minimum absolute atomic E-state index is 0.380. The molecule has 21 heavy (non-hydrogen) atoms. The van der Waals surface area contributed by atoms with Crippen LogP contribution in [0.4, 0.5) is 10.1 Å². The van der Waals surface area contributed by atoms with Crippen molar-refractivity contribution in [3.63, 3.8) is 0 Å². The molecule has 116 valence electrons. The summed E-state index contributed by atoms with van der Waals surface area (Å²) in [6.07, 6.45) is 0.135. The molecule has 1 aromatic rings. The van der Waals surface area contributed by atoms with E-state index in [0.29, 0.717) is 19.1 Å². The molecule has 0 aromatic heterocycles. The Labute approximate surface area is 125 Å². The summed E-state index contributed by atoms with van der Waals surface area (Å²) in [5.74, 6) is 0.873. The molecule has 0 aliphatic carbocycles. The molecule has 1 aromatic carbocycles. The molecular weight excluding hydrogens is 271 g/mol. The molecule has 2 aliphatic heterocycles. The van der Waals surface area contributed by atoms with E-state index in [-0.39, 0.29) is 0 Å². The molecule has 0 bridgehead atoms. The second-order valence-electron chi connectivity index (χ2n) is 5.96. The smallest absolute Gasteiger partial charge is 0.140 e. The van der Waals surface area contributed by atoms with Gasteiger partial charge in [-0.25, -0.2) is 4.39 Å². The fraction of sp³-hybridized carbons (Fsp3) is 0.625. The van der Waals surface area contributed by atoms with Crippen LogP contribution in [0.5, 0.6) is 5.75 Å². The molecule has 2 saturated heterocycles. The molecule has 0 spiro atoms. The molecule has 3 rings (SSSR count). The number of likely N-dealkylation sites (tertiary alicyclic amines) is 1. The summed E-state index contributed by atoms with van der Waals surface area (Å²) >= 11 is 0. The lowest BCUT2D eigenvalue weighted by molar-refractivity contribution is 0.113. The molecule has 1 N–H and O–H groups in total. The summed E-state index contributed by atoms with van der Waals surface area (Å²) in [7, 11) is 1.68. The van der Waals surface area contributed by atoms with Gasteiger partial charge in [0.1, 0.15) is 11.9 Å². The first-order chi connectivity index (χ1) is 10.2. The number of β-amino-alcohol motifs (C(OH)–C–C–N with tert-alkyl or cyclic N) is 1.